The minimum absolute atomic E-state index is 0.0177. The highest BCUT2D eigenvalue weighted by Gasteiger charge is 2.19. The number of aromatic nitrogens is 1. The van der Waals surface area contributed by atoms with Crippen molar-refractivity contribution in [2.24, 2.45) is 0 Å². The number of nitrogens with zero attached hydrogens (tertiary/aromatic N) is 1. The summed E-state index contributed by atoms with van der Waals surface area (Å²) in [7, 11) is 0. The van der Waals surface area contributed by atoms with Crippen LogP contribution in [0.4, 0.5) is 0 Å². The number of ether oxygens (including phenoxy) is 3. The van der Waals surface area contributed by atoms with Gasteiger partial charge in [-0.05, 0) is 36.8 Å². The van der Waals surface area contributed by atoms with Crippen molar-refractivity contribution in [3.8, 4) is 17.2 Å². The fourth-order valence-electron chi connectivity index (χ4n) is 2.88. The molecule has 0 aliphatic carbocycles. The molecule has 0 saturated carbocycles. The Morgan fingerprint density at radius 1 is 1.15 bits per heavy atom. The summed E-state index contributed by atoms with van der Waals surface area (Å²) in [6.07, 6.45) is 0.0177. The Morgan fingerprint density at radius 2 is 1.96 bits per heavy atom. The van der Waals surface area contributed by atoms with Crippen molar-refractivity contribution in [2.45, 2.75) is 26.2 Å². The normalized spacial score (nSPS) is 15.5. The quantitative estimate of drug-likeness (QED) is 0.670. The van der Waals surface area contributed by atoms with Gasteiger partial charge in [-0.2, -0.15) is 0 Å². The maximum Gasteiger partial charge on any atom is 0.161 e. The number of aryl methyl sites for hydroxylation is 1. The number of fused-ring (bicyclic) bond motifs is 1. The number of para-hydroxylation sites is 2. The van der Waals surface area contributed by atoms with Crippen LogP contribution in [-0.4, -0.2) is 24.2 Å². The molecule has 2 heterocycles. The van der Waals surface area contributed by atoms with Gasteiger partial charge in [0.1, 0.15) is 25.1 Å². The standard InChI is InChI=1S/C21H22N2O3S/c1-15-23-17(14-27-15)12-24-18-8-6-16(7-9-18)10-22-11-19-13-25-20-4-2-3-5-21(20)26-19/h2-9,14,19,22H,10-13H2,1H3/t19-/m1/s1. The molecular weight excluding hydrogens is 360 g/mol. The van der Waals surface area contributed by atoms with Gasteiger partial charge >= 0.3 is 0 Å². The first-order valence-electron chi connectivity index (χ1n) is 8.98. The van der Waals surface area contributed by atoms with Crippen LogP contribution in [-0.2, 0) is 13.2 Å². The lowest BCUT2D eigenvalue weighted by Gasteiger charge is -2.26. The summed E-state index contributed by atoms with van der Waals surface area (Å²) in [5, 5.41) is 6.52. The van der Waals surface area contributed by atoms with Gasteiger partial charge in [-0.25, -0.2) is 4.98 Å². The van der Waals surface area contributed by atoms with Gasteiger partial charge in [-0.15, -0.1) is 11.3 Å². The Balaban J connectivity index is 1.21. The molecular formula is C21H22N2O3S. The van der Waals surface area contributed by atoms with Crippen molar-refractivity contribution >= 4 is 11.3 Å². The van der Waals surface area contributed by atoms with E-state index in [1.165, 1.54) is 5.56 Å². The van der Waals surface area contributed by atoms with E-state index in [1.54, 1.807) is 11.3 Å². The Bertz CT molecular complexity index is 879. The predicted molar refractivity (Wildman–Crippen MR) is 106 cm³/mol. The molecule has 0 saturated heterocycles. The number of thiazole rings is 1. The molecule has 0 radical (unpaired) electrons. The molecule has 2 aromatic carbocycles. The fourth-order valence-corrected chi connectivity index (χ4v) is 3.47. The zero-order valence-electron chi connectivity index (χ0n) is 15.2. The molecule has 6 heteroatoms. The molecule has 0 amide bonds. The number of rotatable bonds is 7. The Hall–Kier alpha value is -2.57. The van der Waals surface area contributed by atoms with Crippen molar-refractivity contribution in [1.82, 2.24) is 10.3 Å². The van der Waals surface area contributed by atoms with Crippen LogP contribution in [0.15, 0.2) is 53.9 Å². The van der Waals surface area contributed by atoms with E-state index in [1.807, 2.05) is 48.7 Å². The highest BCUT2D eigenvalue weighted by atomic mass is 32.1. The minimum Gasteiger partial charge on any atom is -0.487 e. The number of nitrogens with one attached hydrogen (secondary N) is 1. The van der Waals surface area contributed by atoms with Crippen LogP contribution >= 0.6 is 11.3 Å². The maximum atomic E-state index is 5.95. The average Bonchev–Trinajstić information content (AvgIpc) is 3.12. The molecule has 27 heavy (non-hydrogen) atoms. The largest absolute Gasteiger partial charge is 0.487 e. The molecule has 0 unspecified atom stereocenters. The minimum atomic E-state index is 0.0177. The summed E-state index contributed by atoms with van der Waals surface area (Å²) in [4.78, 5) is 4.40. The molecule has 1 aliphatic heterocycles. The lowest BCUT2D eigenvalue weighted by molar-refractivity contribution is 0.0902. The first kappa shape index (κ1) is 17.8. The van der Waals surface area contributed by atoms with E-state index >= 15 is 0 Å². The van der Waals surface area contributed by atoms with Gasteiger partial charge in [0.25, 0.3) is 0 Å². The first-order chi connectivity index (χ1) is 13.3. The topological polar surface area (TPSA) is 52.6 Å². The highest BCUT2D eigenvalue weighted by Crippen LogP contribution is 2.30. The van der Waals surface area contributed by atoms with Crippen LogP contribution in [0.2, 0.25) is 0 Å². The summed E-state index contributed by atoms with van der Waals surface area (Å²) in [6.45, 7) is 4.57. The second-order valence-electron chi connectivity index (χ2n) is 6.42. The molecule has 3 aromatic rings. The van der Waals surface area contributed by atoms with Crippen molar-refractivity contribution in [1.29, 1.82) is 0 Å². The fraction of sp³-hybridized carbons (Fsp3) is 0.286. The van der Waals surface area contributed by atoms with Crippen molar-refractivity contribution in [3.63, 3.8) is 0 Å². The SMILES string of the molecule is Cc1nc(COc2ccc(CNC[C@@H]3COc4ccccc4O3)cc2)cs1. The summed E-state index contributed by atoms with van der Waals surface area (Å²) in [5.41, 5.74) is 2.17. The van der Waals surface area contributed by atoms with Gasteiger partial charge in [0.15, 0.2) is 11.5 Å². The van der Waals surface area contributed by atoms with Crippen molar-refractivity contribution in [2.75, 3.05) is 13.2 Å². The Morgan fingerprint density at radius 3 is 2.74 bits per heavy atom. The smallest absolute Gasteiger partial charge is 0.161 e. The molecule has 0 spiro atoms. The van der Waals surface area contributed by atoms with Gasteiger partial charge in [-0.3, -0.25) is 0 Å². The molecule has 5 nitrogen and oxygen atoms in total. The summed E-state index contributed by atoms with van der Waals surface area (Å²) in [6, 6.07) is 15.9. The summed E-state index contributed by atoms with van der Waals surface area (Å²) < 4.78 is 17.5. The lowest BCUT2D eigenvalue weighted by atomic mass is 10.2. The van der Waals surface area contributed by atoms with E-state index in [-0.39, 0.29) is 6.10 Å². The molecule has 0 bridgehead atoms. The zero-order valence-corrected chi connectivity index (χ0v) is 16.0. The lowest BCUT2D eigenvalue weighted by Crippen LogP contribution is -2.38. The zero-order chi connectivity index (χ0) is 18.5. The van der Waals surface area contributed by atoms with Crippen LogP contribution in [0.25, 0.3) is 0 Å². The van der Waals surface area contributed by atoms with Crippen LogP contribution in [0.3, 0.4) is 0 Å². The third-order valence-corrected chi connectivity index (χ3v) is 5.07. The van der Waals surface area contributed by atoms with Crippen LogP contribution < -0.4 is 19.5 Å². The van der Waals surface area contributed by atoms with Crippen molar-refractivity contribution in [3.05, 3.63) is 70.2 Å². The molecule has 1 atom stereocenters. The second-order valence-corrected chi connectivity index (χ2v) is 7.48. The predicted octanol–water partition coefficient (Wildman–Crippen LogP) is 3.96. The Labute approximate surface area is 162 Å². The van der Waals surface area contributed by atoms with Gasteiger partial charge in [0.2, 0.25) is 0 Å². The monoisotopic (exact) mass is 382 g/mol. The van der Waals surface area contributed by atoms with Crippen molar-refractivity contribution < 1.29 is 14.2 Å². The molecule has 4 rings (SSSR count). The summed E-state index contributed by atoms with van der Waals surface area (Å²) >= 11 is 1.64. The molecule has 1 aliphatic rings. The molecule has 1 N–H and O–H groups in total. The van der Waals surface area contributed by atoms with E-state index in [4.69, 9.17) is 14.2 Å². The maximum absolute atomic E-state index is 5.95. The molecule has 140 valence electrons. The van der Waals surface area contributed by atoms with Gasteiger partial charge in [0, 0.05) is 18.5 Å². The van der Waals surface area contributed by atoms with E-state index in [0.717, 1.165) is 41.0 Å². The third-order valence-electron chi connectivity index (χ3n) is 4.25. The first-order valence-corrected chi connectivity index (χ1v) is 9.86. The van der Waals surface area contributed by atoms with Crippen LogP contribution in [0.5, 0.6) is 17.2 Å². The van der Waals surface area contributed by atoms with E-state index in [0.29, 0.717) is 13.2 Å². The molecule has 1 aromatic heterocycles. The van der Waals surface area contributed by atoms with Crippen LogP contribution in [0, 0.1) is 6.92 Å². The van der Waals surface area contributed by atoms with Gasteiger partial charge in [-0.1, -0.05) is 24.3 Å². The van der Waals surface area contributed by atoms with E-state index < -0.39 is 0 Å². The number of hydrogen-bond acceptors (Lipinski definition) is 6. The number of hydrogen-bond donors (Lipinski definition) is 1. The van der Waals surface area contributed by atoms with Gasteiger partial charge < -0.3 is 19.5 Å². The average molecular weight is 382 g/mol. The second kappa shape index (κ2) is 8.41. The van der Waals surface area contributed by atoms with Crippen LogP contribution in [0.1, 0.15) is 16.3 Å². The molecule has 0 fully saturated rings. The van der Waals surface area contributed by atoms with Gasteiger partial charge in [0.05, 0.1) is 10.7 Å². The Kier molecular flexibility index (Phi) is 5.55. The van der Waals surface area contributed by atoms with E-state index in [9.17, 15) is 0 Å². The third kappa shape index (κ3) is 4.78. The highest BCUT2D eigenvalue weighted by molar-refractivity contribution is 7.09. The summed E-state index contributed by atoms with van der Waals surface area (Å²) in [5.74, 6) is 2.48. The number of benzene rings is 2. The van der Waals surface area contributed by atoms with E-state index in [2.05, 4.69) is 22.4 Å².